The number of rotatable bonds is 6. The zero-order valence-electron chi connectivity index (χ0n) is 20.2. The highest BCUT2D eigenvalue weighted by molar-refractivity contribution is 6.36. The van der Waals surface area contributed by atoms with Gasteiger partial charge in [-0.3, -0.25) is 4.79 Å². The predicted molar refractivity (Wildman–Crippen MR) is 151 cm³/mol. The molecule has 0 aliphatic heterocycles. The van der Waals surface area contributed by atoms with E-state index in [4.69, 9.17) is 27.9 Å². The molecular formula is C30H21Cl2N3O3. The number of para-hydroxylation sites is 1. The van der Waals surface area contributed by atoms with Crippen molar-refractivity contribution in [3.63, 3.8) is 0 Å². The van der Waals surface area contributed by atoms with E-state index in [1.165, 1.54) is 18.3 Å². The summed E-state index contributed by atoms with van der Waals surface area (Å²) in [5, 5.41) is 5.67. The summed E-state index contributed by atoms with van der Waals surface area (Å²) in [7, 11) is 0. The molecule has 0 aliphatic carbocycles. The first-order valence-corrected chi connectivity index (χ1v) is 12.4. The fourth-order valence-corrected chi connectivity index (χ4v) is 4.57. The second kappa shape index (κ2) is 10.9. The van der Waals surface area contributed by atoms with Crippen molar-refractivity contribution >= 4 is 52.2 Å². The van der Waals surface area contributed by atoms with E-state index in [1.807, 2.05) is 55.5 Å². The van der Waals surface area contributed by atoms with Gasteiger partial charge in [0.1, 0.15) is 11.4 Å². The van der Waals surface area contributed by atoms with E-state index in [0.717, 1.165) is 27.6 Å². The van der Waals surface area contributed by atoms with Gasteiger partial charge in [-0.25, -0.2) is 10.2 Å². The zero-order chi connectivity index (χ0) is 26.6. The van der Waals surface area contributed by atoms with Crippen LogP contribution in [0.4, 0.5) is 0 Å². The summed E-state index contributed by atoms with van der Waals surface area (Å²) in [6.07, 6.45) is 1.42. The maximum Gasteiger partial charge on any atom is 0.345 e. The van der Waals surface area contributed by atoms with Gasteiger partial charge >= 0.3 is 5.97 Å². The number of hydrogen-bond acceptors (Lipinski definition) is 4. The maximum atomic E-state index is 13.2. The monoisotopic (exact) mass is 541 g/mol. The quantitative estimate of drug-likeness (QED) is 0.101. The van der Waals surface area contributed by atoms with E-state index >= 15 is 0 Å². The number of H-pyrrole nitrogens is 1. The lowest BCUT2D eigenvalue weighted by Gasteiger charge is -2.08. The number of aryl methyl sites for hydroxylation is 1. The van der Waals surface area contributed by atoms with Crippen LogP contribution in [0.3, 0.4) is 0 Å². The summed E-state index contributed by atoms with van der Waals surface area (Å²) < 4.78 is 5.55. The van der Waals surface area contributed by atoms with Crippen molar-refractivity contribution in [1.82, 2.24) is 10.4 Å². The lowest BCUT2D eigenvalue weighted by Crippen LogP contribution is -2.19. The molecule has 6 nitrogen and oxygen atoms in total. The van der Waals surface area contributed by atoms with Crippen LogP contribution in [0.5, 0.6) is 5.75 Å². The summed E-state index contributed by atoms with van der Waals surface area (Å²) in [6.45, 7) is 2.01. The Morgan fingerprint density at radius 2 is 1.68 bits per heavy atom. The Morgan fingerprint density at radius 1 is 0.921 bits per heavy atom. The number of esters is 1. The molecule has 1 amide bonds. The standard InChI is InChI=1S/C30H21Cl2N3O3/c1-18-11-14-25-23(15-18)27(19-7-3-2-4-8-19)28(34-25)29(36)35-33-17-20-9-5-6-10-26(20)38-30(37)22-13-12-21(31)16-24(22)32/h2-17,34H,1H3,(H,35,36). The SMILES string of the molecule is Cc1ccc2[nH]c(C(=O)NN=Cc3ccccc3OC(=O)c3ccc(Cl)cc3Cl)c(-c3ccccc3)c2c1. The Morgan fingerprint density at radius 3 is 2.47 bits per heavy atom. The first kappa shape index (κ1) is 25.3. The van der Waals surface area contributed by atoms with Gasteiger partial charge in [0.2, 0.25) is 0 Å². The third kappa shape index (κ3) is 5.32. The number of hydrazone groups is 1. The van der Waals surface area contributed by atoms with Crippen LogP contribution in [0.25, 0.3) is 22.0 Å². The van der Waals surface area contributed by atoms with Crippen molar-refractivity contribution in [2.45, 2.75) is 6.92 Å². The van der Waals surface area contributed by atoms with Gasteiger partial charge in [0, 0.05) is 27.1 Å². The van der Waals surface area contributed by atoms with Crippen molar-refractivity contribution < 1.29 is 14.3 Å². The van der Waals surface area contributed by atoms with Gasteiger partial charge in [0.25, 0.3) is 5.91 Å². The average molecular weight is 542 g/mol. The van der Waals surface area contributed by atoms with Gasteiger partial charge in [0.05, 0.1) is 16.8 Å². The number of carbonyl (C=O) groups is 2. The number of hydrogen-bond donors (Lipinski definition) is 2. The van der Waals surface area contributed by atoms with Crippen molar-refractivity contribution in [2.75, 3.05) is 0 Å². The Hall–Kier alpha value is -4.39. The number of benzene rings is 4. The van der Waals surface area contributed by atoms with Crippen LogP contribution in [-0.4, -0.2) is 23.1 Å². The Labute approximate surface area is 228 Å². The predicted octanol–water partition coefficient (Wildman–Crippen LogP) is 7.43. The molecule has 1 heterocycles. The van der Waals surface area contributed by atoms with Crippen LogP contribution >= 0.6 is 23.2 Å². The molecule has 38 heavy (non-hydrogen) atoms. The van der Waals surface area contributed by atoms with Crippen LogP contribution in [0.15, 0.2) is 96.1 Å². The second-order valence-corrected chi connectivity index (χ2v) is 9.38. The first-order chi connectivity index (χ1) is 18.4. The number of amides is 1. The molecule has 2 N–H and O–H groups in total. The molecular weight excluding hydrogens is 521 g/mol. The van der Waals surface area contributed by atoms with Gasteiger partial charge in [0.15, 0.2) is 0 Å². The topological polar surface area (TPSA) is 83.6 Å². The molecule has 0 atom stereocenters. The molecule has 0 bridgehead atoms. The van der Waals surface area contributed by atoms with Gasteiger partial charge in [-0.1, -0.05) is 77.3 Å². The molecule has 8 heteroatoms. The van der Waals surface area contributed by atoms with Crippen molar-refractivity contribution in [2.24, 2.45) is 5.10 Å². The van der Waals surface area contributed by atoms with E-state index in [9.17, 15) is 9.59 Å². The molecule has 0 aliphatic rings. The maximum absolute atomic E-state index is 13.2. The van der Waals surface area contributed by atoms with E-state index in [2.05, 4.69) is 15.5 Å². The third-order valence-electron chi connectivity index (χ3n) is 5.89. The number of aromatic amines is 1. The summed E-state index contributed by atoms with van der Waals surface area (Å²) in [5.41, 5.74) is 7.29. The average Bonchev–Trinajstić information content (AvgIpc) is 3.28. The highest BCUT2D eigenvalue weighted by Crippen LogP contribution is 2.33. The number of ether oxygens (including phenoxy) is 1. The Balaban J connectivity index is 1.39. The van der Waals surface area contributed by atoms with Crippen LogP contribution in [-0.2, 0) is 0 Å². The molecule has 0 fully saturated rings. The highest BCUT2D eigenvalue weighted by atomic mass is 35.5. The van der Waals surface area contributed by atoms with Crippen LogP contribution < -0.4 is 10.2 Å². The molecule has 1 aromatic heterocycles. The number of aromatic nitrogens is 1. The summed E-state index contributed by atoms with van der Waals surface area (Å²) >= 11 is 12.1. The number of nitrogens with one attached hydrogen (secondary N) is 2. The van der Waals surface area contributed by atoms with Crippen LogP contribution in [0.2, 0.25) is 10.0 Å². The molecule has 4 aromatic carbocycles. The minimum atomic E-state index is -0.641. The molecule has 0 radical (unpaired) electrons. The van der Waals surface area contributed by atoms with Crippen molar-refractivity contribution in [3.8, 4) is 16.9 Å². The van der Waals surface area contributed by atoms with Crippen LogP contribution in [0, 0.1) is 6.92 Å². The number of halogens is 2. The van der Waals surface area contributed by atoms with Gasteiger partial charge in [-0.15, -0.1) is 0 Å². The number of nitrogens with zero attached hydrogens (tertiary/aromatic N) is 1. The zero-order valence-corrected chi connectivity index (χ0v) is 21.7. The summed E-state index contributed by atoms with van der Waals surface area (Å²) in [5.74, 6) is -0.790. The van der Waals surface area contributed by atoms with E-state index in [0.29, 0.717) is 16.3 Å². The highest BCUT2D eigenvalue weighted by Gasteiger charge is 2.19. The molecule has 0 unspecified atom stereocenters. The van der Waals surface area contributed by atoms with Gasteiger partial charge < -0.3 is 9.72 Å². The lowest BCUT2D eigenvalue weighted by molar-refractivity contribution is 0.0734. The van der Waals surface area contributed by atoms with Crippen LogP contribution in [0.1, 0.15) is 32.0 Å². The van der Waals surface area contributed by atoms with Crippen molar-refractivity contribution in [3.05, 3.63) is 123 Å². The normalized spacial score (nSPS) is 11.1. The number of carbonyl (C=O) groups excluding carboxylic acids is 2. The van der Waals surface area contributed by atoms with E-state index < -0.39 is 11.9 Å². The summed E-state index contributed by atoms with van der Waals surface area (Å²) in [6, 6.07) is 27.0. The molecule has 5 aromatic rings. The fraction of sp³-hybridized carbons (Fsp3) is 0.0333. The molecule has 0 saturated carbocycles. The second-order valence-electron chi connectivity index (χ2n) is 8.54. The van der Waals surface area contributed by atoms with Gasteiger partial charge in [-0.2, -0.15) is 5.10 Å². The molecule has 188 valence electrons. The largest absolute Gasteiger partial charge is 0.422 e. The fourth-order valence-electron chi connectivity index (χ4n) is 4.09. The first-order valence-electron chi connectivity index (χ1n) is 11.7. The smallest absolute Gasteiger partial charge is 0.345 e. The lowest BCUT2D eigenvalue weighted by atomic mass is 10.0. The van der Waals surface area contributed by atoms with E-state index in [-0.39, 0.29) is 16.3 Å². The Bertz CT molecular complexity index is 1690. The van der Waals surface area contributed by atoms with Gasteiger partial charge in [-0.05, 0) is 55.0 Å². The molecule has 0 saturated heterocycles. The van der Waals surface area contributed by atoms with E-state index in [1.54, 1.807) is 30.3 Å². The molecule has 0 spiro atoms. The third-order valence-corrected chi connectivity index (χ3v) is 6.43. The Kier molecular flexibility index (Phi) is 7.26. The minimum absolute atomic E-state index is 0.179. The number of fused-ring (bicyclic) bond motifs is 1. The summed E-state index contributed by atoms with van der Waals surface area (Å²) in [4.78, 5) is 29.1. The molecule has 5 rings (SSSR count). The minimum Gasteiger partial charge on any atom is -0.422 e. The van der Waals surface area contributed by atoms with Crippen molar-refractivity contribution in [1.29, 1.82) is 0 Å².